The molecule has 6 nitrogen and oxygen atoms in total. The second-order valence-electron chi connectivity index (χ2n) is 5.37. The van der Waals surface area contributed by atoms with E-state index in [0.717, 1.165) is 28.7 Å². The molecule has 0 aliphatic carbocycles. The molecule has 0 spiro atoms. The molecule has 2 aromatic carbocycles. The van der Waals surface area contributed by atoms with Crippen LogP contribution in [-0.2, 0) is 15.9 Å². The van der Waals surface area contributed by atoms with E-state index < -0.39 is 0 Å². The van der Waals surface area contributed by atoms with Crippen LogP contribution in [0.1, 0.15) is 5.56 Å². The molecule has 0 bridgehead atoms. The van der Waals surface area contributed by atoms with Gasteiger partial charge in [0.2, 0.25) is 0 Å². The van der Waals surface area contributed by atoms with Crippen LogP contribution in [0, 0.1) is 0 Å². The average molecular weight is 339 g/mol. The zero-order valence-electron chi connectivity index (χ0n) is 14.1. The number of fused-ring (bicyclic) bond motifs is 4. The number of aromatic hydroxyl groups is 1. The summed E-state index contributed by atoms with van der Waals surface area (Å²) in [6.07, 6.45) is 3.60. The van der Waals surface area contributed by atoms with E-state index in [1.807, 2.05) is 38.3 Å². The first-order chi connectivity index (χ1) is 12.2. The SMILES string of the molecule is C=COC.C=COCCc1ccc(O)c(-n2n3c4ccccc4n23)c1. The summed E-state index contributed by atoms with van der Waals surface area (Å²) in [7, 11) is 1.56. The van der Waals surface area contributed by atoms with Gasteiger partial charge in [-0.15, -0.1) is 14.1 Å². The number of hydrogen-bond donors (Lipinski definition) is 1. The van der Waals surface area contributed by atoms with Crippen molar-refractivity contribution in [1.82, 2.24) is 14.1 Å². The molecule has 0 fully saturated rings. The molecule has 0 amide bonds. The minimum absolute atomic E-state index is 0.267. The van der Waals surface area contributed by atoms with Crippen molar-refractivity contribution >= 4 is 11.0 Å². The molecule has 0 atom stereocenters. The van der Waals surface area contributed by atoms with Crippen LogP contribution in [0.4, 0.5) is 0 Å². The predicted octanol–water partition coefficient (Wildman–Crippen LogP) is 3.61. The quantitative estimate of drug-likeness (QED) is 0.431. The van der Waals surface area contributed by atoms with E-state index >= 15 is 0 Å². The number of nitrogens with zero attached hydrogens (tertiary/aromatic N) is 3. The molecular weight excluding hydrogens is 318 g/mol. The lowest BCUT2D eigenvalue weighted by Gasteiger charge is -2.04. The summed E-state index contributed by atoms with van der Waals surface area (Å²) in [5, 5.41) is 10.1. The number of para-hydroxylation sites is 2. The highest BCUT2D eigenvalue weighted by Gasteiger charge is 2.25. The zero-order chi connectivity index (χ0) is 17.8. The van der Waals surface area contributed by atoms with Gasteiger partial charge in [0.05, 0.1) is 26.2 Å². The summed E-state index contributed by atoms with van der Waals surface area (Å²) in [5.41, 5.74) is 4.19. The van der Waals surface area contributed by atoms with Gasteiger partial charge < -0.3 is 14.6 Å². The third kappa shape index (κ3) is 3.06. The molecule has 4 aromatic rings. The van der Waals surface area contributed by atoms with Crippen molar-refractivity contribution < 1.29 is 14.6 Å². The smallest absolute Gasteiger partial charge is 0.143 e. The first-order valence-corrected chi connectivity index (χ1v) is 7.90. The number of ether oxygens (including phenoxy) is 2. The van der Waals surface area contributed by atoms with Gasteiger partial charge in [-0.05, 0) is 29.8 Å². The monoisotopic (exact) mass is 339 g/mol. The molecule has 25 heavy (non-hydrogen) atoms. The summed E-state index contributed by atoms with van der Waals surface area (Å²) in [6, 6.07) is 13.8. The summed E-state index contributed by atoms with van der Waals surface area (Å²) in [6.45, 7) is 7.37. The van der Waals surface area contributed by atoms with E-state index in [1.165, 1.54) is 12.5 Å². The van der Waals surface area contributed by atoms with Gasteiger partial charge in [0.1, 0.15) is 22.5 Å². The van der Waals surface area contributed by atoms with Gasteiger partial charge in [0.25, 0.3) is 0 Å². The maximum absolute atomic E-state index is 10.1. The number of phenolic OH excluding ortho intramolecular Hbond substituents is 1. The Morgan fingerprint density at radius 3 is 2.24 bits per heavy atom. The van der Waals surface area contributed by atoms with Crippen LogP contribution in [0.3, 0.4) is 0 Å². The van der Waals surface area contributed by atoms with Crippen LogP contribution in [0.15, 0.2) is 68.1 Å². The summed E-state index contributed by atoms with van der Waals surface area (Å²) >= 11 is 0. The second kappa shape index (κ2) is 7.09. The van der Waals surface area contributed by atoms with Crippen molar-refractivity contribution in [2.24, 2.45) is 0 Å². The van der Waals surface area contributed by atoms with Gasteiger partial charge in [0.15, 0.2) is 0 Å². The van der Waals surface area contributed by atoms with Crippen LogP contribution in [0.2, 0.25) is 0 Å². The van der Waals surface area contributed by atoms with Crippen molar-refractivity contribution in [3.8, 4) is 11.4 Å². The Bertz CT molecular complexity index is 935. The Hall–Kier alpha value is -3.28. The van der Waals surface area contributed by atoms with E-state index in [-0.39, 0.29) is 5.75 Å². The van der Waals surface area contributed by atoms with E-state index in [9.17, 15) is 5.11 Å². The molecule has 4 rings (SSSR count). The van der Waals surface area contributed by atoms with Crippen molar-refractivity contribution in [3.05, 3.63) is 73.7 Å². The van der Waals surface area contributed by atoms with Gasteiger partial charge in [-0.2, -0.15) is 0 Å². The molecule has 0 saturated carbocycles. The third-order valence-electron chi connectivity index (χ3n) is 3.87. The number of benzene rings is 2. The molecular formula is C19H21N3O3. The van der Waals surface area contributed by atoms with Crippen molar-refractivity contribution in [1.29, 1.82) is 0 Å². The number of phenols is 1. The topological polar surface area (TPSA) is 52.4 Å². The van der Waals surface area contributed by atoms with Gasteiger partial charge in [-0.25, -0.2) is 0 Å². The highest BCUT2D eigenvalue weighted by atomic mass is 16.5. The maximum atomic E-state index is 10.1. The van der Waals surface area contributed by atoms with Crippen molar-refractivity contribution in [2.75, 3.05) is 13.7 Å². The lowest BCUT2D eigenvalue weighted by molar-refractivity contribution is 0.255. The number of hydrogen-bond acceptors (Lipinski definition) is 3. The van der Waals surface area contributed by atoms with Crippen LogP contribution < -0.4 is 0 Å². The molecule has 1 N–H and O–H groups in total. The van der Waals surface area contributed by atoms with Crippen LogP contribution in [0.25, 0.3) is 16.7 Å². The van der Waals surface area contributed by atoms with Crippen molar-refractivity contribution in [3.63, 3.8) is 0 Å². The highest BCUT2D eigenvalue weighted by molar-refractivity contribution is 5.79. The lowest BCUT2D eigenvalue weighted by Crippen LogP contribution is -1.96. The maximum Gasteiger partial charge on any atom is 0.143 e. The lowest BCUT2D eigenvalue weighted by atomic mass is 10.1. The van der Waals surface area contributed by atoms with Crippen LogP contribution >= 0.6 is 0 Å². The number of methoxy groups -OCH3 is 1. The molecule has 0 radical (unpaired) electrons. The van der Waals surface area contributed by atoms with Gasteiger partial charge >= 0.3 is 0 Å². The van der Waals surface area contributed by atoms with E-state index in [1.54, 1.807) is 13.2 Å². The molecule has 0 saturated heterocycles. The molecule has 6 heteroatoms. The van der Waals surface area contributed by atoms with Crippen LogP contribution in [0.5, 0.6) is 5.75 Å². The van der Waals surface area contributed by atoms with Gasteiger partial charge in [-0.1, -0.05) is 31.4 Å². The fourth-order valence-corrected chi connectivity index (χ4v) is 2.64. The fourth-order valence-electron chi connectivity index (χ4n) is 2.64. The molecule has 130 valence electrons. The molecule has 2 heterocycles. The summed E-state index contributed by atoms with van der Waals surface area (Å²) < 4.78 is 13.5. The second-order valence-corrected chi connectivity index (χ2v) is 5.37. The largest absolute Gasteiger partial charge is 0.506 e. The summed E-state index contributed by atoms with van der Waals surface area (Å²) in [5.74, 6) is 0.267. The van der Waals surface area contributed by atoms with E-state index in [4.69, 9.17) is 4.74 Å². The Labute approximate surface area is 145 Å². The zero-order valence-corrected chi connectivity index (χ0v) is 14.1. The molecule has 0 unspecified atom stereocenters. The first-order valence-electron chi connectivity index (χ1n) is 7.90. The average Bonchev–Trinajstić information content (AvgIpc) is 3.30. The van der Waals surface area contributed by atoms with E-state index in [0.29, 0.717) is 6.61 Å². The van der Waals surface area contributed by atoms with E-state index in [2.05, 4.69) is 30.0 Å². The summed E-state index contributed by atoms with van der Waals surface area (Å²) in [4.78, 5) is 1.96. The Balaban J connectivity index is 0.000000415. The minimum Gasteiger partial charge on any atom is -0.506 e. The Kier molecular flexibility index (Phi) is 4.70. The Morgan fingerprint density at radius 1 is 1.04 bits per heavy atom. The number of aromatic nitrogens is 3. The van der Waals surface area contributed by atoms with Crippen molar-refractivity contribution in [2.45, 2.75) is 6.42 Å². The first kappa shape index (κ1) is 16.6. The van der Waals surface area contributed by atoms with Gasteiger partial charge in [-0.3, -0.25) is 0 Å². The highest BCUT2D eigenvalue weighted by Crippen LogP contribution is 2.30. The molecule has 0 aliphatic rings. The minimum atomic E-state index is 0.267. The normalized spacial score (nSPS) is 10.6. The predicted molar refractivity (Wildman–Crippen MR) is 97.6 cm³/mol. The molecule has 2 aromatic heterocycles. The van der Waals surface area contributed by atoms with Crippen LogP contribution in [-0.4, -0.2) is 32.9 Å². The number of rotatable bonds is 6. The third-order valence-corrected chi connectivity index (χ3v) is 3.87. The Morgan fingerprint density at radius 2 is 1.68 bits per heavy atom. The standard InChI is InChI=1S/C16H15N3O2.C3H6O/c1-2-21-10-9-12-7-8-16(20)15(11-12)19-17-13-5-3-4-6-14(13)18(17)19;1-3-4-2/h2-8,11,20H,1,9-10H2;3H,1H2,2H3. The fraction of sp³-hybridized carbons (Fsp3) is 0.158. The van der Waals surface area contributed by atoms with Gasteiger partial charge in [0, 0.05) is 6.42 Å². The molecule has 0 aliphatic heterocycles.